The van der Waals surface area contributed by atoms with Crippen molar-refractivity contribution in [3.8, 4) is 11.6 Å². The highest BCUT2D eigenvalue weighted by molar-refractivity contribution is 5.41. The van der Waals surface area contributed by atoms with Gasteiger partial charge in [0.05, 0.1) is 0 Å². The Hall–Kier alpha value is -2.04. The van der Waals surface area contributed by atoms with E-state index < -0.39 is 17.6 Å². The van der Waals surface area contributed by atoms with E-state index in [1.807, 2.05) is 12.1 Å². The lowest BCUT2D eigenvalue weighted by molar-refractivity contribution is -0.138. The number of rotatable bonds is 2. The number of aryl methyl sites for hydroxylation is 3. The summed E-state index contributed by atoms with van der Waals surface area (Å²) in [6.45, 7) is 1.57. The Kier molecular flexibility index (Phi) is 3.35. The Morgan fingerprint density at radius 3 is 2.62 bits per heavy atom. The second kappa shape index (κ2) is 5.06. The SMILES string of the molecule is Cc1cnc(Oc2ccc3c(c2)CCC3)c(C(F)(F)F)c1. The zero-order valence-electron chi connectivity index (χ0n) is 11.5. The Balaban J connectivity index is 1.95. The molecular weight excluding hydrogens is 279 g/mol. The van der Waals surface area contributed by atoms with Gasteiger partial charge in [-0.05, 0) is 61.1 Å². The molecule has 3 rings (SSSR count). The van der Waals surface area contributed by atoms with Crippen molar-refractivity contribution in [2.24, 2.45) is 0 Å². The Morgan fingerprint density at radius 1 is 1.10 bits per heavy atom. The maximum atomic E-state index is 13.0. The lowest BCUT2D eigenvalue weighted by Gasteiger charge is -2.13. The van der Waals surface area contributed by atoms with E-state index in [1.54, 1.807) is 13.0 Å². The number of hydrogen-bond acceptors (Lipinski definition) is 2. The second-order valence-corrected chi connectivity index (χ2v) is 5.25. The quantitative estimate of drug-likeness (QED) is 0.801. The summed E-state index contributed by atoms with van der Waals surface area (Å²) in [5, 5.41) is 0. The van der Waals surface area contributed by atoms with E-state index in [9.17, 15) is 13.2 Å². The molecule has 21 heavy (non-hydrogen) atoms. The van der Waals surface area contributed by atoms with E-state index >= 15 is 0 Å². The fraction of sp³-hybridized carbons (Fsp3) is 0.312. The molecule has 0 spiro atoms. The smallest absolute Gasteiger partial charge is 0.421 e. The van der Waals surface area contributed by atoms with Gasteiger partial charge in [-0.2, -0.15) is 13.2 Å². The molecule has 0 N–H and O–H groups in total. The average Bonchev–Trinajstić information content (AvgIpc) is 2.87. The van der Waals surface area contributed by atoms with Gasteiger partial charge in [-0.1, -0.05) is 6.07 Å². The zero-order chi connectivity index (χ0) is 15.0. The first kappa shape index (κ1) is 13.9. The molecule has 5 heteroatoms. The number of hydrogen-bond donors (Lipinski definition) is 0. The normalized spacial score (nSPS) is 14.1. The van der Waals surface area contributed by atoms with Crippen molar-refractivity contribution in [1.82, 2.24) is 4.98 Å². The van der Waals surface area contributed by atoms with Crippen molar-refractivity contribution in [2.75, 3.05) is 0 Å². The number of pyridine rings is 1. The largest absolute Gasteiger partial charge is 0.438 e. The molecule has 1 aromatic heterocycles. The van der Waals surface area contributed by atoms with E-state index in [-0.39, 0.29) is 0 Å². The Labute approximate surface area is 120 Å². The number of fused-ring (bicyclic) bond motifs is 1. The maximum absolute atomic E-state index is 13.0. The zero-order valence-corrected chi connectivity index (χ0v) is 11.5. The lowest BCUT2D eigenvalue weighted by Crippen LogP contribution is -2.09. The number of benzene rings is 1. The summed E-state index contributed by atoms with van der Waals surface area (Å²) in [7, 11) is 0. The molecule has 0 atom stereocenters. The molecule has 1 aliphatic rings. The Morgan fingerprint density at radius 2 is 1.86 bits per heavy atom. The van der Waals surface area contributed by atoms with Crippen LogP contribution in [0, 0.1) is 6.92 Å². The predicted octanol–water partition coefficient (Wildman–Crippen LogP) is 4.69. The Bertz CT molecular complexity index is 680. The molecule has 0 saturated carbocycles. The van der Waals surface area contributed by atoms with Crippen LogP contribution in [0.1, 0.15) is 28.7 Å². The first-order valence-corrected chi connectivity index (χ1v) is 6.77. The van der Waals surface area contributed by atoms with Crippen molar-refractivity contribution in [3.05, 3.63) is 52.7 Å². The monoisotopic (exact) mass is 293 g/mol. The molecule has 0 radical (unpaired) electrons. The van der Waals surface area contributed by atoms with Gasteiger partial charge in [-0.3, -0.25) is 0 Å². The first-order chi connectivity index (χ1) is 9.93. The first-order valence-electron chi connectivity index (χ1n) is 6.77. The summed E-state index contributed by atoms with van der Waals surface area (Å²) in [4.78, 5) is 3.79. The van der Waals surface area contributed by atoms with Crippen LogP contribution in [0.25, 0.3) is 0 Å². The molecule has 1 aromatic carbocycles. The van der Waals surface area contributed by atoms with Crippen LogP contribution in [0.2, 0.25) is 0 Å². The van der Waals surface area contributed by atoms with Crippen LogP contribution in [0.15, 0.2) is 30.5 Å². The summed E-state index contributed by atoms with van der Waals surface area (Å²) < 4.78 is 44.5. The number of aromatic nitrogens is 1. The molecular formula is C16H14F3NO. The van der Waals surface area contributed by atoms with Crippen molar-refractivity contribution in [3.63, 3.8) is 0 Å². The molecule has 110 valence electrons. The number of ether oxygens (including phenoxy) is 1. The predicted molar refractivity (Wildman–Crippen MR) is 72.5 cm³/mol. The third-order valence-corrected chi connectivity index (χ3v) is 3.58. The van der Waals surface area contributed by atoms with Gasteiger partial charge in [0.15, 0.2) is 0 Å². The molecule has 0 aliphatic heterocycles. The van der Waals surface area contributed by atoms with Gasteiger partial charge in [0.2, 0.25) is 5.88 Å². The van der Waals surface area contributed by atoms with Gasteiger partial charge in [0.1, 0.15) is 11.3 Å². The lowest BCUT2D eigenvalue weighted by atomic mass is 10.1. The summed E-state index contributed by atoms with van der Waals surface area (Å²) in [5.41, 5.74) is 2.00. The highest BCUT2D eigenvalue weighted by Crippen LogP contribution is 2.37. The molecule has 1 heterocycles. The van der Waals surface area contributed by atoms with Gasteiger partial charge in [-0.15, -0.1) is 0 Å². The molecule has 2 nitrogen and oxygen atoms in total. The molecule has 0 saturated heterocycles. The van der Waals surface area contributed by atoms with E-state index in [0.717, 1.165) is 30.9 Å². The standard InChI is InChI=1S/C16H14F3NO/c1-10-7-14(16(17,18)19)15(20-9-10)21-13-6-5-11-3-2-4-12(11)8-13/h5-9H,2-4H2,1H3. The highest BCUT2D eigenvalue weighted by Gasteiger charge is 2.35. The van der Waals surface area contributed by atoms with E-state index in [1.165, 1.54) is 11.8 Å². The maximum Gasteiger partial charge on any atom is 0.421 e. The van der Waals surface area contributed by atoms with Crippen LogP contribution < -0.4 is 4.74 Å². The van der Waals surface area contributed by atoms with Crippen LogP contribution >= 0.6 is 0 Å². The minimum atomic E-state index is -4.48. The van der Waals surface area contributed by atoms with Crippen molar-refractivity contribution in [2.45, 2.75) is 32.4 Å². The molecule has 0 bridgehead atoms. The van der Waals surface area contributed by atoms with Crippen LogP contribution in [0.3, 0.4) is 0 Å². The summed E-state index contributed by atoms with van der Waals surface area (Å²) in [5.74, 6) is 0.00329. The fourth-order valence-electron chi connectivity index (χ4n) is 2.56. The molecule has 0 unspecified atom stereocenters. The molecule has 2 aromatic rings. The number of nitrogens with zero attached hydrogens (tertiary/aromatic N) is 1. The van der Waals surface area contributed by atoms with Crippen LogP contribution in [0.5, 0.6) is 11.6 Å². The van der Waals surface area contributed by atoms with E-state index in [2.05, 4.69) is 4.98 Å². The van der Waals surface area contributed by atoms with Crippen molar-refractivity contribution >= 4 is 0 Å². The summed E-state index contributed by atoms with van der Waals surface area (Å²) in [6, 6.07) is 6.48. The van der Waals surface area contributed by atoms with Crippen LogP contribution in [0.4, 0.5) is 13.2 Å². The van der Waals surface area contributed by atoms with Crippen molar-refractivity contribution < 1.29 is 17.9 Å². The summed E-state index contributed by atoms with van der Waals surface area (Å²) in [6.07, 6.45) is -0.0649. The van der Waals surface area contributed by atoms with Gasteiger partial charge < -0.3 is 4.74 Å². The minimum absolute atomic E-state index is 0.397. The van der Waals surface area contributed by atoms with Gasteiger partial charge in [-0.25, -0.2) is 4.98 Å². The van der Waals surface area contributed by atoms with E-state index in [4.69, 9.17) is 4.74 Å². The second-order valence-electron chi connectivity index (χ2n) is 5.25. The van der Waals surface area contributed by atoms with E-state index in [0.29, 0.717) is 11.3 Å². The average molecular weight is 293 g/mol. The number of alkyl halides is 3. The molecule has 1 aliphatic carbocycles. The van der Waals surface area contributed by atoms with Crippen LogP contribution in [-0.4, -0.2) is 4.98 Å². The van der Waals surface area contributed by atoms with Gasteiger partial charge >= 0.3 is 6.18 Å². The minimum Gasteiger partial charge on any atom is -0.438 e. The van der Waals surface area contributed by atoms with Crippen LogP contribution in [-0.2, 0) is 19.0 Å². The third-order valence-electron chi connectivity index (χ3n) is 3.58. The number of halogens is 3. The fourth-order valence-corrected chi connectivity index (χ4v) is 2.56. The summed E-state index contributed by atoms with van der Waals surface area (Å²) >= 11 is 0. The van der Waals surface area contributed by atoms with Gasteiger partial charge in [0.25, 0.3) is 0 Å². The highest BCUT2D eigenvalue weighted by atomic mass is 19.4. The van der Waals surface area contributed by atoms with Crippen molar-refractivity contribution in [1.29, 1.82) is 0 Å². The molecule has 0 amide bonds. The topological polar surface area (TPSA) is 22.1 Å². The van der Waals surface area contributed by atoms with Gasteiger partial charge in [0, 0.05) is 6.20 Å². The third kappa shape index (κ3) is 2.86. The molecule has 0 fully saturated rings.